The Labute approximate surface area is 246 Å². The van der Waals surface area contributed by atoms with Gasteiger partial charge in [0.2, 0.25) is 5.78 Å². The molecule has 1 saturated carbocycles. The number of aliphatic hydroxyl groups excluding tert-OH is 2. The molecule has 13 nitrogen and oxygen atoms in total. The summed E-state index contributed by atoms with van der Waals surface area (Å²) >= 11 is 0. The number of carbonyl (C=O) groups excluding carboxylic acids is 4. The Morgan fingerprint density at radius 1 is 1.02 bits per heavy atom. The van der Waals surface area contributed by atoms with Crippen LogP contribution in [-0.4, -0.2) is 88.7 Å². The summed E-state index contributed by atoms with van der Waals surface area (Å²) in [6.07, 6.45) is 0.0883. The second kappa shape index (κ2) is 10.4. The molecule has 0 heterocycles. The lowest BCUT2D eigenvalue weighted by Crippen LogP contribution is -2.65. The third-order valence-electron chi connectivity index (χ3n) is 8.46. The number of aromatic hydroxyl groups is 1. The number of hydrogen-bond acceptors (Lipinski definition) is 10. The fraction of sp³-hybridized carbons (Fsp3) is 0.333. The molecule has 0 radical (unpaired) electrons. The summed E-state index contributed by atoms with van der Waals surface area (Å²) in [4.78, 5) is 55.4. The predicted molar refractivity (Wildman–Crippen MR) is 158 cm³/mol. The Balaban J connectivity index is 1.65. The Kier molecular flexibility index (Phi) is 7.19. The molecule has 0 aromatic heterocycles. The van der Waals surface area contributed by atoms with Gasteiger partial charge in [0, 0.05) is 37.0 Å². The zero-order valence-corrected chi connectivity index (χ0v) is 24.0. The standard InChI is InChI=1S/C30H33N5O8/c1-34(2)18-12-17(33-29(42)32-14-8-6-5-7-9-14)23(36)20-15(18)10-13-11-16-22(35(3)4)25(38)21(28(31)41)27(40)30(16,43)26(39)19(13)24(20)37/h5-9,12-13,16,22,36-37,40,43H,10-11H2,1-4H3,(H2,31,41)(H2,32,33,42)/t13-,16-,22-,30+/m0/s1. The fourth-order valence-electron chi connectivity index (χ4n) is 6.59. The van der Waals surface area contributed by atoms with Gasteiger partial charge in [-0.15, -0.1) is 0 Å². The van der Waals surface area contributed by atoms with E-state index in [1.165, 1.54) is 19.0 Å². The molecule has 3 amide bonds. The van der Waals surface area contributed by atoms with Gasteiger partial charge < -0.3 is 41.7 Å². The first-order chi connectivity index (χ1) is 20.2. The highest BCUT2D eigenvalue weighted by molar-refractivity contribution is 6.24. The van der Waals surface area contributed by atoms with Crippen LogP contribution in [0.5, 0.6) is 5.75 Å². The maximum atomic E-state index is 14.1. The molecule has 13 heteroatoms. The number of para-hydroxylation sites is 1. The molecule has 226 valence electrons. The van der Waals surface area contributed by atoms with E-state index in [0.29, 0.717) is 16.9 Å². The lowest BCUT2D eigenvalue weighted by atomic mass is 9.57. The smallest absolute Gasteiger partial charge is 0.323 e. The zero-order chi connectivity index (χ0) is 31.5. The minimum absolute atomic E-state index is 0.0289. The number of aliphatic hydroxyl groups is 3. The number of amides is 3. The maximum absolute atomic E-state index is 14.1. The molecule has 3 aliphatic carbocycles. The maximum Gasteiger partial charge on any atom is 0.323 e. The van der Waals surface area contributed by atoms with Crippen molar-refractivity contribution >= 4 is 46.3 Å². The number of carbonyl (C=O) groups is 4. The van der Waals surface area contributed by atoms with Gasteiger partial charge in [-0.1, -0.05) is 18.2 Å². The van der Waals surface area contributed by atoms with Crippen molar-refractivity contribution in [1.82, 2.24) is 4.90 Å². The number of benzene rings is 2. The van der Waals surface area contributed by atoms with Crippen LogP contribution < -0.4 is 21.3 Å². The molecule has 5 rings (SSSR count). The van der Waals surface area contributed by atoms with E-state index >= 15 is 0 Å². The molecule has 0 saturated heterocycles. The van der Waals surface area contributed by atoms with Crippen molar-refractivity contribution in [3.8, 4) is 5.75 Å². The van der Waals surface area contributed by atoms with Crippen LogP contribution in [0.3, 0.4) is 0 Å². The minimum Gasteiger partial charge on any atom is -0.508 e. The summed E-state index contributed by atoms with van der Waals surface area (Å²) < 4.78 is 0. The minimum atomic E-state index is -2.74. The largest absolute Gasteiger partial charge is 0.508 e. The van der Waals surface area contributed by atoms with Gasteiger partial charge in [-0.25, -0.2) is 4.79 Å². The number of phenols is 1. The van der Waals surface area contributed by atoms with E-state index in [1.54, 1.807) is 55.4 Å². The number of fused-ring (bicyclic) bond motifs is 3. The molecule has 2 aromatic carbocycles. The number of likely N-dealkylation sites (N-methyl/N-ethyl adjacent to an activating group) is 1. The summed E-state index contributed by atoms with van der Waals surface area (Å²) in [5.41, 5.74) is 2.79. The van der Waals surface area contributed by atoms with Gasteiger partial charge in [0.05, 0.1) is 17.3 Å². The van der Waals surface area contributed by atoms with Crippen molar-refractivity contribution in [3.63, 3.8) is 0 Å². The summed E-state index contributed by atoms with van der Waals surface area (Å²) in [6, 6.07) is 8.30. The van der Waals surface area contributed by atoms with E-state index in [0.717, 1.165) is 0 Å². The van der Waals surface area contributed by atoms with E-state index in [-0.39, 0.29) is 29.7 Å². The molecular weight excluding hydrogens is 558 g/mol. The van der Waals surface area contributed by atoms with Gasteiger partial charge >= 0.3 is 6.03 Å². The fourth-order valence-corrected chi connectivity index (χ4v) is 6.59. The van der Waals surface area contributed by atoms with E-state index in [9.17, 15) is 39.6 Å². The molecule has 8 N–H and O–H groups in total. The number of Topliss-reactive ketones (excluding diaryl/α,β-unsaturated/α-hetero) is 2. The van der Waals surface area contributed by atoms with Crippen LogP contribution >= 0.6 is 0 Å². The van der Waals surface area contributed by atoms with Crippen molar-refractivity contribution < 1.29 is 39.6 Å². The van der Waals surface area contributed by atoms with E-state index < -0.39 is 69.8 Å². The summed E-state index contributed by atoms with van der Waals surface area (Å²) in [7, 11) is 6.55. The molecule has 0 bridgehead atoms. The van der Waals surface area contributed by atoms with Crippen LogP contribution in [0.25, 0.3) is 5.76 Å². The number of phenolic OH excluding ortho intramolecular Hbond substituents is 1. The average molecular weight is 592 g/mol. The van der Waals surface area contributed by atoms with Gasteiger partial charge in [-0.05, 0) is 56.6 Å². The molecule has 2 aromatic rings. The number of hydrogen-bond donors (Lipinski definition) is 7. The summed E-state index contributed by atoms with van der Waals surface area (Å²) in [5, 5.41) is 50.9. The first-order valence-electron chi connectivity index (χ1n) is 13.5. The number of rotatable bonds is 5. The quantitative estimate of drug-likeness (QED) is 0.198. The van der Waals surface area contributed by atoms with Crippen molar-refractivity contribution in [2.24, 2.45) is 17.6 Å². The SMILES string of the molecule is CN(C)c1cc(NC(=O)Nc2ccccc2)c(O)c2c1C[C@H]1C[C@H]3[C@H](N(C)C)C(=O)C(C(N)=O)=C(O)[C@]3(O)C(=O)C1=C2O. The topological polar surface area (TPSA) is 206 Å². The van der Waals surface area contributed by atoms with Crippen LogP contribution in [0.2, 0.25) is 0 Å². The van der Waals surface area contributed by atoms with Crippen molar-refractivity contribution in [3.05, 3.63) is 64.4 Å². The summed E-state index contributed by atoms with van der Waals surface area (Å²) in [5.74, 6) is -7.45. The number of nitrogens with zero attached hydrogens (tertiary/aromatic N) is 2. The van der Waals surface area contributed by atoms with Crippen LogP contribution in [0, 0.1) is 11.8 Å². The zero-order valence-electron chi connectivity index (χ0n) is 24.0. The first kappa shape index (κ1) is 29.6. The lowest BCUT2D eigenvalue weighted by Gasteiger charge is -2.50. The highest BCUT2D eigenvalue weighted by Gasteiger charge is 2.64. The van der Waals surface area contributed by atoms with Crippen LogP contribution in [0.1, 0.15) is 17.5 Å². The summed E-state index contributed by atoms with van der Waals surface area (Å²) in [6.45, 7) is 0. The van der Waals surface area contributed by atoms with Crippen molar-refractivity contribution in [2.45, 2.75) is 24.5 Å². The molecule has 43 heavy (non-hydrogen) atoms. The Morgan fingerprint density at radius 2 is 1.67 bits per heavy atom. The molecule has 0 unspecified atom stereocenters. The highest BCUT2D eigenvalue weighted by Crippen LogP contribution is 2.54. The molecule has 0 aliphatic heterocycles. The highest BCUT2D eigenvalue weighted by atomic mass is 16.3. The molecular formula is C30H33N5O8. The second-order valence-corrected chi connectivity index (χ2v) is 11.4. The Morgan fingerprint density at radius 3 is 2.26 bits per heavy atom. The van der Waals surface area contributed by atoms with E-state index in [1.807, 2.05) is 0 Å². The van der Waals surface area contributed by atoms with Gasteiger partial charge in [0.1, 0.15) is 17.1 Å². The Hall–Kier alpha value is -4.88. The third-order valence-corrected chi connectivity index (χ3v) is 8.46. The van der Waals surface area contributed by atoms with Crippen molar-refractivity contribution in [2.75, 3.05) is 43.7 Å². The second-order valence-electron chi connectivity index (χ2n) is 11.4. The van der Waals surface area contributed by atoms with Crippen LogP contribution in [-0.2, 0) is 20.8 Å². The first-order valence-corrected chi connectivity index (χ1v) is 13.5. The number of ketones is 2. The van der Waals surface area contributed by atoms with Crippen molar-refractivity contribution in [1.29, 1.82) is 0 Å². The van der Waals surface area contributed by atoms with Crippen LogP contribution in [0.15, 0.2) is 53.3 Å². The lowest BCUT2D eigenvalue weighted by molar-refractivity contribution is -0.153. The number of nitrogens with one attached hydrogen (secondary N) is 2. The molecule has 3 aliphatic rings. The normalized spacial score (nSPS) is 24.7. The average Bonchev–Trinajstić information content (AvgIpc) is 2.92. The van der Waals surface area contributed by atoms with E-state index in [4.69, 9.17) is 5.73 Å². The van der Waals surface area contributed by atoms with Gasteiger partial charge in [0.15, 0.2) is 17.1 Å². The number of anilines is 3. The van der Waals surface area contributed by atoms with E-state index in [2.05, 4.69) is 10.6 Å². The molecule has 4 atom stereocenters. The molecule has 1 fully saturated rings. The van der Waals surface area contributed by atoms with Gasteiger partial charge in [0.25, 0.3) is 5.91 Å². The Bertz CT molecular complexity index is 1630. The number of primary amides is 1. The number of urea groups is 1. The number of nitrogens with two attached hydrogens (primary N) is 1. The predicted octanol–water partition coefficient (Wildman–Crippen LogP) is 1.67. The van der Waals surface area contributed by atoms with Gasteiger partial charge in [-0.2, -0.15) is 0 Å². The molecule has 0 spiro atoms. The third kappa shape index (κ3) is 4.48. The van der Waals surface area contributed by atoms with Crippen LogP contribution in [0.4, 0.5) is 21.9 Å². The van der Waals surface area contributed by atoms with Gasteiger partial charge in [-0.3, -0.25) is 19.3 Å². The monoisotopic (exact) mass is 591 g/mol.